The van der Waals surface area contributed by atoms with E-state index in [9.17, 15) is 8.42 Å². The Morgan fingerprint density at radius 1 is 1.50 bits per heavy atom. The number of rotatable bonds is 3. The molecule has 0 aliphatic carbocycles. The van der Waals surface area contributed by atoms with E-state index in [2.05, 4.69) is 9.97 Å². The van der Waals surface area contributed by atoms with Crippen molar-refractivity contribution >= 4 is 10.0 Å². The minimum Gasteiger partial charge on any atom is -0.471 e. The van der Waals surface area contributed by atoms with E-state index in [1.165, 1.54) is 23.0 Å². The molecule has 1 fully saturated rings. The maximum Gasteiger partial charge on any atom is 0.251 e. The Morgan fingerprint density at radius 3 is 2.83 bits per heavy atom. The highest BCUT2D eigenvalue weighted by Gasteiger charge is 2.30. The first-order valence-corrected chi connectivity index (χ1v) is 7.18. The maximum atomic E-state index is 11.3. The molecule has 1 saturated heterocycles. The second kappa shape index (κ2) is 4.88. The van der Waals surface area contributed by atoms with E-state index in [0.29, 0.717) is 13.0 Å². The van der Waals surface area contributed by atoms with Crippen molar-refractivity contribution in [3.8, 4) is 11.9 Å². The van der Waals surface area contributed by atoms with Gasteiger partial charge in [-0.3, -0.25) is 0 Å². The summed E-state index contributed by atoms with van der Waals surface area (Å²) in [5, 5.41) is 8.83. The lowest BCUT2D eigenvalue weighted by atomic mass is 10.3. The Morgan fingerprint density at radius 2 is 2.22 bits per heavy atom. The lowest BCUT2D eigenvalue weighted by Gasteiger charge is -2.14. The van der Waals surface area contributed by atoms with Gasteiger partial charge in [0.1, 0.15) is 12.2 Å². The second-order valence-corrected chi connectivity index (χ2v) is 5.95. The summed E-state index contributed by atoms with van der Waals surface area (Å²) in [6, 6.07) is 1.88. The van der Waals surface area contributed by atoms with E-state index < -0.39 is 10.0 Å². The fourth-order valence-electron chi connectivity index (χ4n) is 1.74. The Kier molecular flexibility index (Phi) is 3.45. The summed E-state index contributed by atoms with van der Waals surface area (Å²) >= 11 is 0. The summed E-state index contributed by atoms with van der Waals surface area (Å²) in [6.45, 7) is 0.700. The van der Waals surface area contributed by atoms with Gasteiger partial charge in [0, 0.05) is 18.9 Å². The molecule has 0 saturated carbocycles. The second-order valence-electron chi connectivity index (χ2n) is 3.97. The van der Waals surface area contributed by atoms with Crippen LogP contribution in [0.1, 0.15) is 12.1 Å². The van der Waals surface area contributed by atoms with Crippen molar-refractivity contribution < 1.29 is 13.2 Å². The number of sulfonamides is 1. The molecule has 0 unspecified atom stereocenters. The van der Waals surface area contributed by atoms with E-state index in [0.717, 1.165) is 0 Å². The van der Waals surface area contributed by atoms with Gasteiger partial charge in [-0.2, -0.15) is 9.57 Å². The Hall–Kier alpha value is -1.72. The monoisotopic (exact) mass is 268 g/mol. The maximum absolute atomic E-state index is 11.3. The van der Waals surface area contributed by atoms with Crippen LogP contribution in [0.15, 0.2) is 12.4 Å². The van der Waals surface area contributed by atoms with Gasteiger partial charge in [0.15, 0.2) is 0 Å². The average Bonchev–Trinajstić information content (AvgIpc) is 2.78. The molecule has 18 heavy (non-hydrogen) atoms. The molecular weight excluding hydrogens is 256 g/mol. The number of hydrogen-bond acceptors (Lipinski definition) is 6. The standard InChI is InChI=1S/C10H12N4O3S/c1-18(15,16)14-5-2-8(7-14)17-10-9(6-11)12-3-4-13-10/h3-4,8H,2,5,7H2,1H3/t8-/m0/s1. The smallest absolute Gasteiger partial charge is 0.251 e. The number of ether oxygens (including phenoxy) is 1. The van der Waals surface area contributed by atoms with Gasteiger partial charge < -0.3 is 4.74 Å². The lowest BCUT2D eigenvalue weighted by Crippen LogP contribution is -2.30. The molecule has 0 amide bonds. The summed E-state index contributed by atoms with van der Waals surface area (Å²) in [6.07, 6.45) is 4.29. The van der Waals surface area contributed by atoms with Gasteiger partial charge in [0.05, 0.1) is 12.8 Å². The Balaban J connectivity index is 2.07. The third-order valence-electron chi connectivity index (χ3n) is 2.63. The zero-order chi connectivity index (χ0) is 13.2. The molecule has 7 nitrogen and oxygen atoms in total. The normalized spacial score (nSPS) is 20.6. The minimum absolute atomic E-state index is 0.107. The fourth-order valence-corrected chi connectivity index (χ4v) is 2.62. The van der Waals surface area contributed by atoms with Crippen molar-refractivity contribution in [3.63, 3.8) is 0 Å². The van der Waals surface area contributed by atoms with Crippen LogP contribution in [0.4, 0.5) is 0 Å². The molecule has 1 aromatic heterocycles. The van der Waals surface area contributed by atoms with E-state index in [-0.39, 0.29) is 24.2 Å². The Bertz CT molecular complexity index is 581. The highest BCUT2D eigenvalue weighted by Crippen LogP contribution is 2.19. The number of aromatic nitrogens is 2. The molecule has 0 N–H and O–H groups in total. The molecule has 2 rings (SSSR count). The van der Waals surface area contributed by atoms with Crippen LogP contribution in [-0.2, 0) is 10.0 Å². The van der Waals surface area contributed by atoms with Crippen LogP contribution in [-0.4, -0.2) is 48.1 Å². The van der Waals surface area contributed by atoms with Crippen molar-refractivity contribution in [2.45, 2.75) is 12.5 Å². The van der Waals surface area contributed by atoms with Gasteiger partial charge in [-0.05, 0) is 6.42 Å². The summed E-state index contributed by atoms with van der Waals surface area (Å²) in [7, 11) is -3.19. The van der Waals surface area contributed by atoms with Crippen molar-refractivity contribution in [3.05, 3.63) is 18.1 Å². The quantitative estimate of drug-likeness (QED) is 0.750. The van der Waals surface area contributed by atoms with Gasteiger partial charge in [-0.15, -0.1) is 0 Å². The SMILES string of the molecule is CS(=O)(=O)N1CC[C@H](Oc2nccnc2C#N)C1. The lowest BCUT2D eigenvalue weighted by molar-refractivity contribution is 0.205. The first kappa shape index (κ1) is 12.7. The highest BCUT2D eigenvalue weighted by molar-refractivity contribution is 7.88. The van der Waals surface area contributed by atoms with Crippen molar-refractivity contribution in [2.24, 2.45) is 0 Å². The van der Waals surface area contributed by atoms with Crippen LogP contribution < -0.4 is 4.74 Å². The van der Waals surface area contributed by atoms with Crippen molar-refractivity contribution in [1.29, 1.82) is 5.26 Å². The minimum atomic E-state index is -3.19. The molecule has 0 radical (unpaired) electrons. The van der Waals surface area contributed by atoms with E-state index in [4.69, 9.17) is 10.00 Å². The molecular formula is C10H12N4O3S. The zero-order valence-electron chi connectivity index (χ0n) is 9.78. The van der Waals surface area contributed by atoms with Crippen LogP contribution in [0, 0.1) is 11.3 Å². The molecule has 1 aliphatic rings. The van der Waals surface area contributed by atoms with Crippen LogP contribution in [0.3, 0.4) is 0 Å². The average molecular weight is 268 g/mol. The molecule has 2 heterocycles. The van der Waals surface area contributed by atoms with Crippen molar-refractivity contribution in [1.82, 2.24) is 14.3 Å². The van der Waals surface area contributed by atoms with Gasteiger partial charge in [0.25, 0.3) is 5.88 Å². The third kappa shape index (κ3) is 2.75. The van der Waals surface area contributed by atoms with Crippen LogP contribution in [0.25, 0.3) is 0 Å². The topological polar surface area (TPSA) is 96.2 Å². The molecule has 0 aromatic carbocycles. The van der Waals surface area contributed by atoms with Crippen LogP contribution >= 0.6 is 0 Å². The molecule has 0 bridgehead atoms. The Labute approximate surface area is 105 Å². The van der Waals surface area contributed by atoms with Gasteiger partial charge >= 0.3 is 0 Å². The van der Waals surface area contributed by atoms with E-state index in [1.807, 2.05) is 6.07 Å². The largest absolute Gasteiger partial charge is 0.471 e. The van der Waals surface area contributed by atoms with Crippen LogP contribution in [0.5, 0.6) is 5.88 Å². The van der Waals surface area contributed by atoms with E-state index in [1.54, 1.807) is 0 Å². The fraction of sp³-hybridized carbons (Fsp3) is 0.500. The van der Waals surface area contributed by atoms with E-state index >= 15 is 0 Å². The molecule has 1 atom stereocenters. The predicted octanol–water partition coefficient (Wildman–Crippen LogP) is -0.239. The molecule has 1 aliphatic heterocycles. The van der Waals surface area contributed by atoms with Gasteiger partial charge in [-0.1, -0.05) is 0 Å². The zero-order valence-corrected chi connectivity index (χ0v) is 10.6. The molecule has 8 heteroatoms. The van der Waals surface area contributed by atoms with Gasteiger partial charge in [0.2, 0.25) is 15.7 Å². The predicted molar refractivity (Wildman–Crippen MR) is 62.2 cm³/mol. The number of nitriles is 1. The number of hydrogen-bond donors (Lipinski definition) is 0. The third-order valence-corrected chi connectivity index (χ3v) is 3.90. The summed E-state index contributed by atoms with van der Waals surface area (Å²) in [5.41, 5.74) is 0.107. The van der Waals surface area contributed by atoms with Crippen molar-refractivity contribution in [2.75, 3.05) is 19.3 Å². The molecule has 0 spiro atoms. The van der Waals surface area contributed by atoms with Gasteiger partial charge in [-0.25, -0.2) is 18.4 Å². The first-order valence-electron chi connectivity index (χ1n) is 5.33. The summed E-state index contributed by atoms with van der Waals surface area (Å²) in [5.74, 6) is 0.153. The first-order chi connectivity index (χ1) is 8.50. The van der Waals surface area contributed by atoms with Crippen LogP contribution in [0.2, 0.25) is 0 Å². The molecule has 96 valence electrons. The summed E-state index contributed by atoms with van der Waals surface area (Å²) < 4.78 is 29.6. The molecule has 1 aromatic rings. The summed E-state index contributed by atoms with van der Waals surface area (Å²) in [4.78, 5) is 7.75. The highest BCUT2D eigenvalue weighted by atomic mass is 32.2. The number of nitrogens with zero attached hydrogens (tertiary/aromatic N) is 4.